The van der Waals surface area contributed by atoms with E-state index in [4.69, 9.17) is 9.84 Å². The Morgan fingerprint density at radius 2 is 2.33 bits per heavy atom. The molecule has 0 aromatic heterocycles. The molecular formula is C11H21NO3. The van der Waals surface area contributed by atoms with Crippen molar-refractivity contribution in [2.45, 2.75) is 32.8 Å². The normalized spacial score (nSPS) is 23.3. The summed E-state index contributed by atoms with van der Waals surface area (Å²) in [5.74, 6) is -0.170. The number of aliphatic carboxylic acids is 1. The van der Waals surface area contributed by atoms with Crippen LogP contribution in [0.15, 0.2) is 0 Å². The van der Waals surface area contributed by atoms with E-state index in [9.17, 15) is 4.79 Å². The molecule has 1 N–H and O–H groups in total. The van der Waals surface area contributed by atoms with Crippen LogP contribution in [-0.4, -0.2) is 48.3 Å². The van der Waals surface area contributed by atoms with Crippen molar-refractivity contribution in [2.75, 3.05) is 26.2 Å². The highest BCUT2D eigenvalue weighted by atomic mass is 16.5. The largest absolute Gasteiger partial charge is 0.481 e. The second kappa shape index (κ2) is 6.08. The summed E-state index contributed by atoms with van der Waals surface area (Å²) in [6.45, 7) is 7.84. The zero-order valence-electron chi connectivity index (χ0n) is 9.61. The topological polar surface area (TPSA) is 49.8 Å². The SMILES string of the molecule is CC(C)C1CN(CCCC(=O)O)CCO1. The minimum atomic E-state index is -0.705. The van der Waals surface area contributed by atoms with Gasteiger partial charge in [-0.1, -0.05) is 13.8 Å². The van der Waals surface area contributed by atoms with Crippen molar-refractivity contribution in [3.63, 3.8) is 0 Å². The predicted octanol–water partition coefficient (Wildman–Crippen LogP) is 1.21. The van der Waals surface area contributed by atoms with E-state index in [0.717, 1.165) is 32.7 Å². The molecular weight excluding hydrogens is 194 g/mol. The first-order chi connectivity index (χ1) is 7.09. The molecule has 0 bridgehead atoms. The average Bonchev–Trinajstić information content (AvgIpc) is 2.17. The fourth-order valence-corrected chi connectivity index (χ4v) is 1.79. The van der Waals surface area contributed by atoms with E-state index in [1.54, 1.807) is 0 Å². The summed E-state index contributed by atoms with van der Waals surface area (Å²) in [4.78, 5) is 12.7. The molecule has 15 heavy (non-hydrogen) atoms. The maximum atomic E-state index is 10.4. The molecule has 0 aromatic rings. The van der Waals surface area contributed by atoms with E-state index in [1.165, 1.54) is 0 Å². The first kappa shape index (κ1) is 12.5. The molecule has 1 atom stereocenters. The van der Waals surface area contributed by atoms with E-state index < -0.39 is 5.97 Å². The van der Waals surface area contributed by atoms with Crippen LogP contribution in [0.25, 0.3) is 0 Å². The van der Waals surface area contributed by atoms with E-state index in [-0.39, 0.29) is 6.42 Å². The lowest BCUT2D eigenvalue weighted by Gasteiger charge is -2.34. The summed E-state index contributed by atoms with van der Waals surface area (Å²) >= 11 is 0. The van der Waals surface area contributed by atoms with E-state index >= 15 is 0 Å². The van der Waals surface area contributed by atoms with Gasteiger partial charge in [-0.2, -0.15) is 0 Å². The minimum Gasteiger partial charge on any atom is -0.481 e. The third kappa shape index (κ3) is 4.62. The van der Waals surface area contributed by atoms with Crippen LogP contribution in [0, 0.1) is 5.92 Å². The Bertz CT molecular complexity index is 206. The van der Waals surface area contributed by atoms with Crippen molar-refractivity contribution in [1.82, 2.24) is 4.90 Å². The molecule has 4 heteroatoms. The molecule has 1 saturated heterocycles. The number of hydrogen-bond donors (Lipinski definition) is 1. The summed E-state index contributed by atoms with van der Waals surface area (Å²) in [7, 11) is 0. The lowest BCUT2D eigenvalue weighted by atomic mass is 10.1. The lowest BCUT2D eigenvalue weighted by molar-refractivity contribution is -0.137. The van der Waals surface area contributed by atoms with Gasteiger partial charge in [-0.05, 0) is 18.9 Å². The fourth-order valence-electron chi connectivity index (χ4n) is 1.79. The monoisotopic (exact) mass is 215 g/mol. The fraction of sp³-hybridized carbons (Fsp3) is 0.909. The molecule has 1 unspecified atom stereocenters. The average molecular weight is 215 g/mol. The molecule has 1 rings (SSSR count). The first-order valence-electron chi connectivity index (χ1n) is 5.65. The Balaban J connectivity index is 2.21. The molecule has 88 valence electrons. The van der Waals surface area contributed by atoms with Gasteiger partial charge in [-0.25, -0.2) is 0 Å². The van der Waals surface area contributed by atoms with Crippen LogP contribution in [0.2, 0.25) is 0 Å². The van der Waals surface area contributed by atoms with Crippen LogP contribution in [-0.2, 0) is 9.53 Å². The van der Waals surface area contributed by atoms with Gasteiger partial charge in [0.05, 0.1) is 12.7 Å². The van der Waals surface area contributed by atoms with Crippen LogP contribution in [0.3, 0.4) is 0 Å². The second-order valence-corrected chi connectivity index (χ2v) is 4.45. The molecule has 1 aliphatic rings. The molecule has 0 amide bonds. The second-order valence-electron chi connectivity index (χ2n) is 4.45. The van der Waals surface area contributed by atoms with Crippen molar-refractivity contribution in [1.29, 1.82) is 0 Å². The Kier molecular flexibility index (Phi) is 5.05. The lowest BCUT2D eigenvalue weighted by Crippen LogP contribution is -2.44. The smallest absolute Gasteiger partial charge is 0.303 e. The molecule has 4 nitrogen and oxygen atoms in total. The summed E-state index contributed by atoms with van der Waals surface area (Å²) in [5, 5.41) is 8.54. The van der Waals surface area contributed by atoms with Gasteiger partial charge in [0.2, 0.25) is 0 Å². The Hall–Kier alpha value is -0.610. The Morgan fingerprint density at radius 1 is 1.60 bits per heavy atom. The van der Waals surface area contributed by atoms with Crippen molar-refractivity contribution in [2.24, 2.45) is 5.92 Å². The van der Waals surface area contributed by atoms with Crippen LogP contribution < -0.4 is 0 Å². The summed E-state index contributed by atoms with van der Waals surface area (Å²) in [6, 6.07) is 0. The highest BCUT2D eigenvalue weighted by Gasteiger charge is 2.22. The van der Waals surface area contributed by atoms with Crippen molar-refractivity contribution in [3.05, 3.63) is 0 Å². The number of nitrogens with zero attached hydrogens (tertiary/aromatic N) is 1. The third-order valence-electron chi connectivity index (χ3n) is 2.79. The minimum absolute atomic E-state index is 0.268. The number of hydrogen-bond acceptors (Lipinski definition) is 3. The predicted molar refractivity (Wildman–Crippen MR) is 57.9 cm³/mol. The maximum absolute atomic E-state index is 10.4. The van der Waals surface area contributed by atoms with E-state index in [2.05, 4.69) is 18.7 Å². The van der Waals surface area contributed by atoms with Gasteiger partial charge in [0.25, 0.3) is 0 Å². The third-order valence-corrected chi connectivity index (χ3v) is 2.79. The maximum Gasteiger partial charge on any atom is 0.303 e. The molecule has 0 radical (unpaired) electrons. The van der Waals surface area contributed by atoms with Gasteiger partial charge in [0.15, 0.2) is 0 Å². The Labute approximate surface area is 91.2 Å². The molecule has 1 heterocycles. The molecule has 0 aliphatic carbocycles. The van der Waals surface area contributed by atoms with Crippen LogP contribution >= 0.6 is 0 Å². The van der Waals surface area contributed by atoms with Crippen LogP contribution in [0.1, 0.15) is 26.7 Å². The quantitative estimate of drug-likeness (QED) is 0.749. The van der Waals surface area contributed by atoms with E-state index in [1.807, 2.05) is 0 Å². The molecule has 0 aromatic carbocycles. The van der Waals surface area contributed by atoms with E-state index in [0.29, 0.717) is 12.0 Å². The van der Waals surface area contributed by atoms with Gasteiger partial charge in [-0.3, -0.25) is 9.69 Å². The highest BCUT2D eigenvalue weighted by Crippen LogP contribution is 2.13. The van der Waals surface area contributed by atoms with Gasteiger partial charge >= 0.3 is 5.97 Å². The first-order valence-corrected chi connectivity index (χ1v) is 5.65. The van der Waals surface area contributed by atoms with Crippen molar-refractivity contribution >= 4 is 5.97 Å². The molecule has 0 spiro atoms. The number of carbonyl (C=O) groups is 1. The van der Waals surface area contributed by atoms with Crippen LogP contribution in [0.5, 0.6) is 0 Å². The number of rotatable bonds is 5. The molecule has 0 saturated carbocycles. The zero-order valence-corrected chi connectivity index (χ0v) is 9.61. The van der Waals surface area contributed by atoms with Crippen LogP contribution in [0.4, 0.5) is 0 Å². The number of morpholine rings is 1. The van der Waals surface area contributed by atoms with Gasteiger partial charge in [0, 0.05) is 19.5 Å². The molecule has 1 fully saturated rings. The summed E-state index contributed by atoms with van der Waals surface area (Å²) < 4.78 is 5.64. The van der Waals surface area contributed by atoms with Crippen molar-refractivity contribution in [3.8, 4) is 0 Å². The van der Waals surface area contributed by atoms with Gasteiger partial charge < -0.3 is 9.84 Å². The van der Waals surface area contributed by atoms with Gasteiger partial charge in [-0.15, -0.1) is 0 Å². The number of carboxylic acid groups (broad SMARTS) is 1. The summed E-state index contributed by atoms with van der Waals surface area (Å²) in [5.41, 5.74) is 0. The zero-order chi connectivity index (χ0) is 11.3. The summed E-state index contributed by atoms with van der Waals surface area (Å²) in [6.07, 6.45) is 1.31. The highest BCUT2D eigenvalue weighted by molar-refractivity contribution is 5.66. The van der Waals surface area contributed by atoms with Crippen molar-refractivity contribution < 1.29 is 14.6 Å². The Morgan fingerprint density at radius 3 is 2.93 bits per heavy atom. The number of carboxylic acids is 1. The number of ether oxygens (including phenoxy) is 1. The van der Waals surface area contributed by atoms with Gasteiger partial charge in [0.1, 0.15) is 0 Å². The standard InChI is InChI=1S/C11H21NO3/c1-9(2)10-8-12(6-7-15-10)5-3-4-11(13)14/h9-10H,3-8H2,1-2H3,(H,13,14). The molecule has 1 aliphatic heterocycles.